The number of carbonyl (C=O) groups excluding carboxylic acids is 2. The highest BCUT2D eigenvalue weighted by Gasteiger charge is 2.45. The molecular formula is C47H81N3O18P2. The molecule has 13 atom stereocenters. The number of cyclic esters (lactones) is 1. The molecular weight excluding hydrogens is 956 g/mol. The quantitative estimate of drug-likeness (QED) is 0.0283. The van der Waals surface area contributed by atoms with Gasteiger partial charge in [-0.1, -0.05) is 135 Å². The van der Waals surface area contributed by atoms with Crippen LogP contribution in [0.2, 0.25) is 0 Å². The second kappa shape index (κ2) is 32.3. The smallest absolute Gasteiger partial charge is 0.461 e. The van der Waals surface area contributed by atoms with Crippen molar-refractivity contribution >= 4 is 33.4 Å². The first kappa shape index (κ1) is 61.4. The second-order valence-electron chi connectivity index (χ2n) is 18.6. The summed E-state index contributed by atoms with van der Waals surface area (Å²) in [6, 6.07) is 1.22. The number of ether oxygens (including phenoxy) is 3. The van der Waals surface area contributed by atoms with E-state index in [1.807, 2.05) is 6.92 Å². The Morgan fingerprint density at radius 3 is 2.14 bits per heavy atom. The van der Waals surface area contributed by atoms with Crippen molar-refractivity contribution in [2.45, 2.75) is 198 Å². The average molecular weight is 1040 g/mol. The number of rotatable bonds is 22. The topological polar surface area (TPSA) is 326 Å². The zero-order valence-corrected chi connectivity index (χ0v) is 42.9. The largest absolute Gasteiger partial charge is 0.481 e. The molecule has 2 aliphatic rings. The van der Waals surface area contributed by atoms with Gasteiger partial charge in [-0.05, 0) is 31.2 Å². The maximum absolute atomic E-state index is 13.3. The Labute approximate surface area is 412 Å². The summed E-state index contributed by atoms with van der Waals surface area (Å²) in [7, 11) is -11.3. The highest BCUT2D eigenvalue weighted by molar-refractivity contribution is 7.61. The van der Waals surface area contributed by atoms with E-state index in [9.17, 15) is 58.8 Å². The van der Waals surface area contributed by atoms with Crippen LogP contribution in [0.15, 0.2) is 41.4 Å². The van der Waals surface area contributed by atoms with Gasteiger partial charge in [0.1, 0.15) is 30.9 Å². The minimum atomic E-state index is -5.69. The van der Waals surface area contributed by atoms with Crippen LogP contribution in [0.4, 0.5) is 5.82 Å². The van der Waals surface area contributed by atoms with Crippen LogP contribution in [0.1, 0.15) is 155 Å². The third kappa shape index (κ3) is 23.3. The fraction of sp³-hybridized carbons (Fsp3) is 0.787. The van der Waals surface area contributed by atoms with Crippen LogP contribution in [0.5, 0.6) is 0 Å². The zero-order chi connectivity index (χ0) is 51.7. The SMILES string of the molecule is CCCCC[C@@H](O)/C=C\[C@@H]1[C@H](O)[C@H](O)[C@H]2COP(=O)(O)OP(=O)(O)OC[C@H](OC(=O)CCCCCCCCCCCCC(C)CC)COC(=O)C/C=C\C[C@@H]([C@H](n3ccc(N)nc3=O)O2)[C@@H](O)C[C@H]1O. The monoisotopic (exact) mass is 1040 g/mol. The molecule has 0 radical (unpaired) electrons. The van der Waals surface area contributed by atoms with Crippen molar-refractivity contribution in [1.82, 2.24) is 9.55 Å². The number of phosphoric acid groups is 2. The molecule has 1 fully saturated rings. The summed E-state index contributed by atoms with van der Waals surface area (Å²) in [6.45, 7) is 3.70. The van der Waals surface area contributed by atoms with Gasteiger partial charge in [0.25, 0.3) is 0 Å². The molecule has 1 aromatic rings. The van der Waals surface area contributed by atoms with Gasteiger partial charge in [-0.2, -0.15) is 9.29 Å². The van der Waals surface area contributed by atoms with Gasteiger partial charge in [-0.15, -0.1) is 0 Å². The number of phosphoric ester groups is 2. The second-order valence-corrected chi connectivity index (χ2v) is 21.6. The fourth-order valence-corrected chi connectivity index (χ4v) is 10.4. The molecule has 0 aromatic carbocycles. The number of aliphatic hydroxyl groups excluding tert-OH is 5. The first-order valence-corrected chi connectivity index (χ1v) is 28.0. The lowest BCUT2D eigenvalue weighted by Gasteiger charge is -2.40. The van der Waals surface area contributed by atoms with Crippen molar-refractivity contribution in [1.29, 1.82) is 0 Å². The van der Waals surface area contributed by atoms with Crippen molar-refractivity contribution in [3.63, 3.8) is 0 Å². The molecule has 0 saturated carbocycles. The molecule has 1 aromatic heterocycles. The van der Waals surface area contributed by atoms with Gasteiger partial charge < -0.3 is 55.3 Å². The van der Waals surface area contributed by atoms with E-state index in [1.54, 1.807) is 0 Å². The Morgan fingerprint density at radius 1 is 0.871 bits per heavy atom. The number of allylic oxidation sites excluding steroid dienone is 1. The number of aromatic nitrogens is 2. The van der Waals surface area contributed by atoms with Gasteiger partial charge in [-0.3, -0.25) is 23.2 Å². The van der Waals surface area contributed by atoms with Gasteiger partial charge >= 0.3 is 33.3 Å². The van der Waals surface area contributed by atoms with Crippen LogP contribution in [0.25, 0.3) is 0 Å². The highest BCUT2D eigenvalue weighted by Crippen LogP contribution is 2.60. The van der Waals surface area contributed by atoms with Crippen LogP contribution in [0, 0.1) is 17.8 Å². The zero-order valence-electron chi connectivity index (χ0n) is 41.1. The number of fused-ring (bicyclic) bond motifs is 3. The van der Waals surface area contributed by atoms with Crippen LogP contribution < -0.4 is 11.4 Å². The summed E-state index contributed by atoms with van der Waals surface area (Å²) in [5.41, 5.74) is 4.73. The summed E-state index contributed by atoms with van der Waals surface area (Å²) in [5.74, 6) is -3.65. The molecule has 2 aliphatic heterocycles. The lowest BCUT2D eigenvalue weighted by molar-refractivity contribution is -0.194. The third-order valence-corrected chi connectivity index (χ3v) is 15.3. The molecule has 9 N–H and O–H groups in total. The molecule has 3 rings (SSSR count). The molecule has 402 valence electrons. The van der Waals surface area contributed by atoms with Crippen LogP contribution in [0.3, 0.4) is 0 Å². The van der Waals surface area contributed by atoms with Gasteiger partial charge in [0.15, 0.2) is 6.10 Å². The summed E-state index contributed by atoms with van der Waals surface area (Å²) in [4.78, 5) is 64.1. The molecule has 23 heteroatoms. The third-order valence-electron chi connectivity index (χ3n) is 12.7. The van der Waals surface area contributed by atoms with Crippen LogP contribution in [-0.2, 0) is 46.3 Å². The van der Waals surface area contributed by atoms with Crippen molar-refractivity contribution in [2.75, 3.05) is 25.6 Å². The summed E-state index contributed by atoms with van der Waals surface area (Å²) < 4.78 is 58.7. The minimum absolute atomic E-state index is 0.0122. The van der Waals surface area contributed by atoms with Gasteiger partial charge in [0.05, 0.1) is 44.1 Å². The molecule has 70 heavy (non-hydrogen) atoms. The number of esters is 2. The number of carbonyl (C=O) groups is 2. The fourth-order valence-electron chi connectivity index (χ4n) is 8.25. The molecule has 21 nitrogen and oxygen atoms in total. The molecule has 0 amide bonds. The number of aliphatic hydroxyl groups is 5. The van der Waals surface area contributed by atoms with E-state index in [4.69, 9.17) is 29.0 Å². The van der Waals surface area contributed by atoms with Crippen molar-refractivity contribution < 1.29 is 81.6 Å². The summed E-state index contributed by atoms with van der Waals surface area (Å²) >= 11 is 0. The lowest BCUT2D eigenvalue weighted by atomic mass is 9.82. The standard InChI is InChI=1S/C47H81N3O18P2/c1-4-6-15-21-34(51)25-26-36-38(52)29-39(53)37-22-18-19-23-42(54)63-30-35(66-43(55)24-17-14-12-10-8-7-9-11-13-16-20-33(3)5-2)31-64-69(59,60)68-70(61,62)65-32-40(45(57)44(36)56)67-46(37)50-28-27-41(48)49-47(50)58/h18-19,25-28,33-40,44-46,51-53,56-57H,4-17,20-24,29-32H2,1-3H3,(H,59,60)(H,61,62)(H2,48,49,58)/b19-18-,26-25-/t33?,34-,35-,36+,37-,38-,39+,40-,44+,45-,46-/m1/s1. The predicted octanol–water partition coefficient (Wildman–Crippen LogP) is 6.07. The number of hydrogen-bond donors (Lipinski definition) is 8. The molecule has 0 aliphatic carbocycles. The highest BCUT2D eigenvalue weighted by atomic mass is 31.3. The molecule has 0 spiro atoms. The van der Waals surface area contributed by atoms with Crippen LogP contribution in [-0.4, -0.2) is 119 Å². The molecule has 1 saturated heterocycles. The number of anilines is 1. The van der Waals surface area contributed by atoms with Crippen molar-refractivity contribution in [3.05, 3.63) is 47.1 Å². The first-order valence-electron chi connectivity index (χ1n) is 25.0. The Kier molecular flexibility index (Phi) is 28.4. The number of hydrogen-bond acceptors (Lipinski definition) is 18. The van der Waals surface area contributed by atoms with E-state index < -0.39 is 120 Å². The number of nitrogens with two attached hydrogens (primary N) is 1. The Bertz CT molecular complexity index is 1900. The summed E-state index contributed by atoms with van der Waals surface area (Å²) in [6.07, 6.45) is 7.63. The van der Waals surface area contributed by atoms with Crippen molar-refractivity contribution in [3.8, 4) is 0 Å². The van der Waals surface area contributed by atoms with E-state index in [1.165, 1.54) is 68.9 Å². The van der Waals surface area contributed by atoms with Gasteiger partial charge in [-0.25, -0.2) is 13.9 Å². The Balaban J connectivity index is 1.83. The lowest BCUT2D eigenvalue weighted by Crippen LogP contribution is -2.52. The molecule has 3 unspecified atom stereocenters. The van der Waals surface area contributed by atoms with Gasteiger partial charge in [0, 0.05) is 30.9 Å². The Morgan fingerprint density at radius 2 is 1.50 bits per heavy atom. The maximum Gasteiger partial charge on any atom is 0.481 e. The van der Waals surface area contributed by atoms with Crippen LogP contribution >= 0.6 is 15.6 Å². The van der Waals surface area contributed by atoms with E-state index in [0.29, 0.717) is 19.3 Å². The molecule has 3 heterocycles. The van der Waals surface area contributed by atoms with Gasteiger partial charge in [0.2, 0.25) is 0 Å². The van der Waals surface area contributed by atoms with Crippen molar-refractivity contribution in [2.24, 2.45) is 17.8 Å². The van der Waals surface area contributed by atoms with E-state index in [-0.39, 0.29) is 25.1 Å². The minimum Gasteiger partial charge on any atom is -0.461 e. The molecule has 2 bridgehead atoms. The normalized spacial score (nSPS) is 31.5. The Hall–Kier alpha value is -2.88. The number of nitrogen functional groups attached to an aromatic ring is 1. The number of nitrogens with zero attached hydrogens (tertiary/aromatic N) is 2. The first-order chi connectivity index (χ1) is 33.3. The average Bonchev–Trinajstić information content (AvgIpc) is 3.29. The van der Waals surface area contributed by atoms with E-state index in [2.05, 4.69) is 23.1 Å². The van der Waals surface area contributed by atoms with E-state index >= 15 is 0 Å². The van der Waals surface area contributed by atoms with E-state index in [0.717, 1.165) is 61.6 Å². The number of unbranched alkanes of at least 4 members (excludes halogenated alkanes) is 11. The predicted molar refractivity (Wildman–Crippen MR) is 258 cm³/mol. The maximum atomic E-state index is 13.3. The summed E-state index contributed by atoms with van der Waals surface area (Å²) in [5, 5.41) is 57.3.